The van der Waals surface area contributed by atoms with Crippen LogP contribution in [-0.2, 0) is 11.3 Å². The summed E-state index contributed by atoms with van der Waals surface area (Å²) in [6.45, 7) is 3.74. The van der Waals surface area contributed by atoms with Crippen molar-refractivity contribution in [2.24, 2.45) is 0 Å². The highest BCUT2D eigenvalue weighted by Gasteiger charge is 2.17. The van der Waals surface area contributed by atoms with Crippen LogP contribution in [-0.4, -0.2) is 47.6 Å². The molecule has 0 unspecified atom stereocenters. The average Bonchev–Trinajstić information content (AvgIpc) is 2.72. The fraction of sp³-hybridized carbons (Fsp3) is 0.400. The Bertz CT molecular complexity index is 779. The van der Waals surface area contributed by atoms with Crippen LogP contribution >= 0.6 is 11.6 Å². The molecule has 7 heteroatoms. The van der Waals surface area contributed by atoms with Gasteiger partial charge in [-0.15, -0.1) is 0 Å². The van der Waals surface area contributed by atoms with Crippen molar-refractivity contribution >= 4 is 23.0 Å². The van der Waals surface area contributed by atoms with Crippen LogP contribution in [0.4, 0.5) is 11.4 Å². The number of hydrogen-bond donors (Lipinski definition) is 1. The number of ether oxygens (including phenoxy) is 4. The number of nitrogens with zero attached hydrogens (tertiary/aromatic N) is 1. The van der Waals surface area contributed by atoms with E-state index in [1.807, 2.05) is 30.3 Å². The minimum atomic E-state index is 0.566. The monoisotopic (exact) mass is 392 g/mol. The van der Waals surface area contributed by atoms with Crippen LogP contribution in [0.25, 0.3) is 0 Å². The third-order valence-electron chi connectivity index (χ3n) is 4.57. The highest BCUT2D eigenvalue weighted by Crippen LogP contribution is 2.40. The number of benzene rings is 2. The largest absolute Gasteiger partial charge is 0.493 e. The maximum absolute atomic E-state index is 6.51. The first-order valence-electron chi connectivity index (χ1n) is 8.82. The Hall–Kier alpha value is -2.31. The molecular weight excluding hydrogens is 368 g/mol. The Balaban J connectivity index is 1.74. The van der Waals surface area contributed by atoms with E-state index in [9.17, 15) is 0 Å². The Morgan fingerprint density at radius 2 is 1.74 bits per heavy atom. The maximum atomic E-state index is 6.51. The summed E-state index contributed by atoms with van der Waals surface area (Å²) in [5.41, 5.74) is 2.94. The normalized spacial score (nSPS) is 14.0. The van der Waals surface area contributed by atoms with E-state index >= 15 is 0 Å². The summed E-state index contributed by atoms with van der Waals surface area (Å²) >= 11 is 6.51. The van der Waals surface area contributed by atoms with Gasteiger partial charge in [-0.05, 0) is 30.3 Å². The van der Waals surface area contributed by atoms with Crippen molar-refractivity contribution in [2.75, 3.05) is 57.8 Å². The number of halogens is 1. The van der Waals surface area contributed by atoms with E-state index < -0.39 is 0 Å². The van der Waals surface area contributed by atoms with Gasteiger partial charge in [-0.2, -0.15) is 0 Å². The molecule has 6 nitrogen and oxygen atoms in total. The minimum absolute atomic E-state index is 0.566. The molecule has 1 aliphatic rings. The van der Waals surface area contributed by atoms with Crippen molar-refractivity contribution in [3.8, 4) is 17.2 Å². The molecule has 0 amide bonds. The van der Waals surface area contributed by atoms with Crippen LogP contribution in [0.1, 0.15) is 5.56 Å². The zero-order chi connectivity index (χ0) is 19.2. The lowest BCUT2D eigenvalue weighted by atomic mass is 10.1. The van der Waals surface area contributed by atoms with Crippen molar-refractivity contribution < 1.29 is 18.9 Å². The Morgan fingerprint density at radius 3 is 2.37 bits per heavy atom. The first-order chi connectivity index (χ1) is 13.2. The standard InChI is InChI=1S/C20H25ClN2O4/c1-24-18-7-4-14(19(25-2)20(18)26-3)13-22-15-5-6-17(16(21)12-15)23-8-10-27-11-9-23/h4-7,12,22H,8-11,13H2,1-3H3. The second-order valence-corrected chi connectivity index (χ2v) is 6.52. The van der Waals surface area contributed by atoms with E-state index in [1.54, 1.807) is 21.3 Å². The van der Waals surface area contributed by atoms with Crippen LogP contribution in [0.3, 0.4) is 0 Å². The Kier molecular flexibility index (Phi) is 6.53. The van der Waals surface area contributed by atoms with Crippen LogP contribution in [0.2, 0.25) is 5.02 Å². The molecule has 1 N–H and O–H groups in total. The molecule has 2 aromatic carbocycles. The molecule has 1 aliphatic heterocycles. The van der Waals surface area contributed by atoms with Crippen LogP contribution in [0.5, 0.6) is 17.2 Å². The molecule has 3 rings (SSSR count). The molecule has 0 radical (unpaired) electrons. The second-order valence-electron chi connectivity index (χ2n) is 6.11. The SMILES string of the molecule is COc1ccc(CNc2ccc(N3CCOCC3)c(Cl)c2)c(OC)c1OC. The van der Waals surface area contributed by atoms with Gasteiger partial charge in [-0.1, -0.05) is 11.6 Å². The summed E-state index contributed by atoms with van der Waals surface area (Å²) in [6, 6.07) is 9.84. The molecule has 0 aromatic heterocycles. The van der Waals surface area contributed by atoms with Crippen molar-refractivity contribution in [1.29, 1.82) is 0 Å². The highest BCUT2D eigenvalue weighted by atomic mass is 35.5. The van der Waals surface area contributed by atoms with Gasteiger partial charge in [0.2, 0.25) is 5.75 Å². The third-order valence-corrected chi connectivity index (χ3v) is 4.87. The van der Waals surface area contributed by atoms with Crippen LogP contribution < -0.4 is 24.4 Å². The topological polar surface area (TPSA) is 52.2 Å². The molecule has 0 bridgehead atoms. The van der Waals surface area contributed by atoms with Gasteiger partial charge in [0.1, 0.15) is 0 Å². The molecule has 27 heavy (non-hydrogen) atoms. The smallest absolute Gasteiger partial charge is 0.203 e. The molecule has 1 saturated heterocycles. The van der Waals surface area contributed by atoms with Crippen molar-refractivity contribution in [1.82, 2.24) is 0 Å². The van der Waals surface area contributed by atoms with Gasteiger partial charge < -0.3 is 29.2 Å². The Labute approximate surface area is 164 Å². The summed E-state index contributed by atoms with van der Waals surface area (Å²) in [6.07, 6.45) is 0. The van der Waals surface area contributed by atoms with E-state index in [-0.39, 0.29) is 0 Å². The molecule has 0 spiro atoms. The average molecular weight is 393 g/mol. The lowest BCUT2D eigenvalue weighted by Crippen LogP contribution is -2.36. The summed E-state index contributed by atoms with van der Waals surface area (Å²) in [7, 11) is 4.82. The molecule has 0 atom stereocenters. The number of rotatable bonds is 7. The zero-order valence-electron chi connectivity index (χ0n) is 15.9. The third kappa shape index (κ3) is 4.34. The molecule has 0 saturated carbocycles. The molecule has 1 heterocycles. The van der Waals surface area contributed by atoms with E-state index in [1.165, 1.54) is 0 Å². The number of morpholine rings is 1. The van der Waals surface area contributed by atoms with Gasteiger partial charge in [0.15, 0.2) is 11.5 Å². The first kappa shape index (κ1) is 19.5. The molecule has 0 aliphatic carbocycles. The van der Waals surface area contributed by atoms with Crippen LogP contribution in [0.15, 0.2) is 30.3 Å². The van der Waals surface area contributed by atoms with Gasteiger partial charge in [-0.3, -0.25) is 0 Å². The predicted molar refractivity (Wildman–Crippen MR) is 108 cm³/mol. The fourth-order valence-corrected chi connectivity index (χ4v) is 3.48. The summed E-state index contributed by atoms with van der Waals surface area (Å²) in [5.74, 6) is 1.87. The number of nitrogens with one attached hydrogen (secondary N) is 1. The van der Waals surface area contributed by atoms with Crippen molar-refractivity contribution in [3.05, 3.63) is 40.9 Å². The summed E-state index contributed by atoms with van der Waals surface area (Å²) in [4.78, 5) is 2.24. The lowest BCUT2D eigenvalue weighted by molar-refractivity contribution is 0.122. The van der Waals surface area contributed by atoms with Gasteiger partial charge >= 0.3 is 0 Å². The fourth-order valence-electron chi connectivity index (χ4n) is 3.18. The van der Waals surface area contributed by atoms with Gasteiger partial charge in [0, 0.05) is 30.9 Å². The molecule has 2 aromatic rings. The quantitative estimate of drug-likeness (QED) is 0.773. The molecular formula is C20H25ClN2O4. The zero-order valence-corrected chi connectivity index (χ0v) is 16.6. The van der Waals surface area contributed by atoms with Crippen molar-refractivity contribution in [2.45, 2.75) is 6.54 Å². The highest BCUT2D eigenvalue weighted by molar-refractivity contribution is 6.33. The molecule has 1 fully saturated rings. The molecule has 146 valence electrons. The van der Waals surface area contributed by atoms with E-state index in [2.05, 4.69) is 10.2 Å². The summed E-state index contributed by atoms with van der Waals surface area (Å²) < 4.78 is 21.7. The first-order valence-corrected chi connectivity index (χ1v) is 9.19. The van der Waals surface area contributed by atoms with E-state index in [0.717, 1.165) is 48.3 Å². The second kappa shape index (κ2) is 9.06. The number of methoxy groups -OCH3 is 3. The predicted octanol–water partition coefficient (Wildman–Crippen LogP) is 3.81. The van der Waals surface area contributed by atoms with Gasteiger partial charge in [-0.25, -0.2) is 0 Å². The number of anilines is 2. The summed E-state index contributed by atoms with van der Waals surface area (Å²) in [5, 5.41) is 4.11. The number of hydrogen-bond acceptors (Lipinski definition) is 6. The van der Waals surface area contributed by atoms with Gasteiger partial charge in [0.05, 0.1) is 45.3 Å². The minimum Gasteiger partial charge on any atom is -0.493 e. The maximum Gasteiger partial charge on any atom is 0.203 e. The van der Waals surface area contributed by atoms with Crippen molar-refractivity contribution in [3.63, 3.8) is 0 Å². The lowest BCUT2D eigenvalue weighted by Gasteiger charge is -2.29. The Morgan fingerprint density at radius 1 is 1.00 bits per heavy atom. The van der Waals surface area contributed by atoms with E-state index in [4.69, 9.17) is 30.5 Å². The van der Waals surface area contributed by atoms with Gasteiger partial charge in [0.25, 0.3) is 0 Å². The van der Waals surface area contributed by atoms with E-state index in [0.29, 0.717) is 23.8 Å². The van der Waals surface area contributed by atoms with Crippen LogP contribution in [0, 0.1) is 0 Å².